The largest absolute Gasteiger partial charge is 0.494 e. The summed E-state index contributed by atoms with van der Waals surface area (Å²) in [6.07, 6.45) is 2.22. The van der Waals surface area contributed by atoms with Crippen molar-refractivity contribution in [2.45, 2.75) is 19.0 Å². The monoisotopic (exact) mass is 375 g/mol. The van der Waals surface area contributed by atoms with Gasteiger partial charge in [0, 0.05) is 37.2 Å². The Bertz CT molecular complexity index is 1060. The molecule has 0 bridgehead atoms. The van der Waals surface area contributed by atoms with Crippen molar-refractivity contribution in [2.24, 2.45) is 0 Å². The first-order chi connectivity index (χ1) is 13.6. The van der Waals surface area contributed by atoms with Crippen molar-refractivity contribution < 1.29 is 14.3 Å². The molecule has 0 unspecified atom stereocenters. The number of aromatic nitrogens is 1. The normalized spacial score (nSPS) is 15.6. The van der Waals surface area contributed by atoms with Crippen LogP contribution in [0.2, 0.25) is 0 Å². The molecule has 6 nitrogen and oxygen atoms in total. The van der Waals surface area contributed by atoms with Gasteiger partial charge in [-0.15, -0.1) is 0 Å². The minimum absolute atomic E-state index is 0.115. The van der Waals surface area contributed by atoms with E-state index in [4.69, 9.17) is 4.74 Å². The Hall–Kier alpha value is -3.41. The molecule has 1 aliphatic rings. The summed E-state index contributed by atoms with van der Waals surface area (Å²) in [6, 6.07) is 14.5. The molecule has 1 atom stereocenters. The summed E-state index contributed by atoms with van der Waals surface area (Å²) < 4.78 is 5.38. The fraction of sp³-hybridized carbons (Fsp3) is 0.227. The van der Waals surface area contributed by atoms with Crippen molar-refractivity contribution in [3.05, 3.63) is 71.4 Å². The number of ether oxygens (including phenoxy) is 1. The lowest BCUT2D eigenvalue weighted by Gasteiger charge is -2.29. The fourth-order valence-electron chi connectivity index (χ4n) is 3.68. The van der Waals surface area contributed by atoms with Crippen LogP contribution in [0.3, 0.4) is 0 Å². The number of carbonyl (C=O) groups excluding carboxylic acids is 2. The third-order valence-corrected chi connectivity index (χ3v) is 5.12. The minimum Gasteiger partial charge on any atom is -0.494 e. The summed E-state index contributed by atoms with van der Waals surface area (Å²) >= 11 is 0. The number of likely N-dealkylation sites (N-methyl/N-ethyl adjacent to an activating group) is 1. The second-order valence-electron chi connectivity index (χ2n) is 6.91. The molecule has 28 heavy (non-hydrogen) atoms. The first-order valence-electron chi connectivity index (χ1n) is 9.13. The molecule has 1 aliphatic heterocycles. The Morgan fingerprint density at radius 3 is 2.86 bits per heavy atom. The van der Waals surface area contributed by atoms with Gasteiger partial charge in [0.1, 0.15) is 17.3 Å². The Balaban J connectivity index is 1.56. The van der Waals surface area contributed by atoms with Crippen molar-refractivity contribution in [1.29, 1.82) is 0 Å². The van der Waals surface area contributed by atoms with E-state index < -0.39 is 6.04 Å². The van der Waals surface area contributed by atoms with E-state index in [1.165, 1.54) is 0 Å². The molecule has 4 rings (SSSR count). The number of hydrogen-bond donors (Lipinski definition) is 1. The standard InChI is InChI=1S/C22H21N3O3/c1-25(13-15-9-10-19(28-2)20-16(15)8-5-11-23-20)22(27)18-12-14-6-3-4-7-17(14)21(26)24-18/h3-11,18H,12-13H2,1-2H3,(H,24,26)/t18-/m0/s1. The van der Waals surface area contributed by atoms with Gasteiger partial charge in [-0.25, -0.2) is 0 Å². The van der Waals surface area contributed by atoms with Crippen LogP contribution in [0.5, 0.6) is 5.75 Å². The Labute approximate surface area is 163 Å². The first kappa shape index (κ1) is 18.0. The highest BCUT2D eigenvalue weighted by Crippen LogP contribution is 2.27. The van der Waals surface area contributed by atoms with E-state index in [0.29, 0.717) is 24.3 Å². The Kier molecular flexibility index (Phi) is 4.69. The van der Waals surface area contributed by atoms with E-state index in [1.54, 1.807) is 31.3 Å². The summed E-state index contributed by atoms with van der Waals surface area (Å²) in [6.45, 7) is 0.416. The van der Waals surface area contributed by atoms with Crippen molar-refractivity contribution in [3.63, 3.8) is 0 Å². The SMILES string of the molecule is COc1ccc(CN(C)C(=O)[C@@H]2Cc3ccccc3C(=O)N2)c2cccnc12. The van der Waals surface area contributed by atoms with Crippen LogP contribution >= 0.6 is 0 Å². The predicted molar refractivity (Wildman–Crippen MR) is 106 cm³/mol. The number of pyridine rings is 1. The van der Waals surface area contributed by atoms with Crippen molar-refractivity contribution in [3.8, 4) is 5.75 Å². The predicted octanol–water partition coefficient (Wildman–Crippen LogP) is 2.56. The van der Waals surface area contributed by atoms with E-state index in [1.807, 2.05) is 42.5 Å². The van der Waals surface area contributed by atoms with Crippen LogP contribution in [0, 0.1) is 0 Å². The van der Waals surface area contributed by atoms with Crippen LogP contribution in [0.25, 0.3) is 10.9 Å². The summed E-state index contributed by atoms with van der Waals surface area (Å²) in [5.41, 5.74) is 3.28. The molecule has 0 saturated heterocycles. The molecule has 3 aromatic rings. The lowest BCUT2D eigenvalue weighted by molar-refractivity contribution is -0.132. The van der Waals surface area contributed by atoms with E-state index >= 15 is 0 Å². The van der Waals surface area contributed by atoms with E-state index in [0.717, 1.165) is 22.0 Å². The minimum atomic E-state index is -0.560. The van der Waals surface area contributed by atoms with Gasteiger partial charge in [-0.1, -0.05) is 30.3 Å². The summed E-state index contributed by atoms with van der Waals surface area (Å²) in [5.74, 6) is 0.382. The van der Waals surface area contributed by atoms with Crippen LogP contribution in [0.1, 0.15) is 21.5 Å². The van der Waals surface area contributed by atoms with Crippen LogP contribution in [-0.4, -0.2) is 41.9 Å². The van der Waals surface area contributed by atoms with Crippen LogP contribution in [0.15, 0.2) is 54.7 Å². The third-order valence-electron chi connectivity index (χ3n) is 5.12. The number of carbonyl (C=O) groups is 2. The van der Waals surface area contributed by atoms with E-state index in [-0.39, 0.29) is 11.8 Å². The third kappa shape index (κ3) is 3.17. The molecule has 0 spiro atoms. The highest BCUT2D eigenvalue weighted by atomic mass is 16.5. The van der Waals surface area contributed by atoms with E-state index in [2.05, 4.69) is 10.3 Å². The Morgan fingerprint density at radius 2 is 2.04 bits per heavy atom. The van der Waals surface area contributed by atoms with Crippen molar-refractivity contribution in [2.75, 3.05) is 14.2 Å². The molecule has 2 heterocycles. The summed E-state index contributed by atoms with van der Waals surface area (Å²) in [5, 5.41) is 3.78. The second kappa shape index (κ2) is 7.31. The summed E-state index contributed by atoms with van der Waals surface area (Å²) in [7, 11) is 3.36. The first-order valence-corrected chi connectivity index (χ1v) is 9.13. The average molecular weight is 375 g/mol. The van der Waals surface area contributed by atoms with Crippen LogP contribution < -0.4 is 10.1 Å². The zero-order valence-corrected chi connectivity index (χ0v) is 15.8. The smallest absolute Gasteiger partial charge is 0.252 e. The van der Waals surface area contributed by atoms with Crippen LogP contribution in [0.4, 0.5) is 0 Å². The molecule has 1 N–H and O–H groups in total. The van der Waals surface area contributed by atoms with Gasteiger partial charge in [0.2, 0.25) is 5.91 Å². The number of nitrogens with one attached hydrogen (secondary N) is 1. The molecule has 0 fully saturated rings. The van der Waals surface area contributed by atoms with Crippen molar-refractivity contribution >= 4 is 22.7 Å². The lowest BCUT2D eigenvalue weighted by atomic mass is 9.94. The highest BCUT2D eigenvalue weighted by Gasteiger charge is 2.30. The molecular formula is C22H21N3O3. The number of fused-ring (bicyclic) bond motifs is 2. The maximum atomic E-state index is 13.0. The number of hydrogen-bond acceptors (Lipinski definition) is 4. The number of rotatable bonds is 4. The maximum Gasteiger partial charge on any atom is 0.252 e. The quantitative estimate of drug-likeness (QED) is 0.761. The molecule has 2 amide bonds. The Morgan fingerprint density at radius 1 is 1.21 bits per heavy atom. The van der Waals surface area contributed by atoms with Gasteiger partial charge in [0.25, 0.3) is 5.91 Å². The highest BCUT2D eigenvalue weighted by molar-refractivity contribution is 6.00. The molecule has 0 aliphatic carbocycles. The molecule has 0 saturated carbocycles. The molecule has 1 aromatic heterocycles. The van der Waals surface area contributed by atoms with Gasteiger partial charge in [0.05, 0.1) is 7.11 Å². The number of amides is 2. The fourth-order valence-corrected chi connectivity index (χ4v) is 3.68. The van der Waals surface area contributed by atoms with Gasteiger partial charge >= 0.3 is 0 Å². The number of methoxy groups -OCH3 is 1. The van der Waals surface area contributed by atoms with Gasteiger partial charge in [0.15, 0.2) is 0 Å². The molecule has 142 valence electrons. The average Bonchev–Trinajstić information content (AvgIpc) is 2.73. The second-order valence-corrected chi connectivity index (χ2v) is 6.91. The molecule has 0 radical (unpaired) electrons. The van der Waals surface area contributed by atoms with Gasteiger partial charge in [-0.3, -0.25) is 14.6 Å². The number of benzene rings is 2. The maximum absolute atomic E-state index is 13.0. The zero-order valence-electron chi connectivity index (χ0n) is 15.8. The molecule has 2 aromatic carbocycles. The van der Waals surface area contributed by atoms with Crippen molar-refractivity contribution in [1.82, 2.24) is 15.2 Å². The van der Waals surface area contributed by atoms with Gasteiger partial charge in [-0.05, 0) is 29.3 Å². The van der Waals surface area contributed by atoms with E-state index in [9.17, 15) is 9.59 Å². The number of nitrogens with zero attached hydrogens (tertiary/aromatic N) is 2. The van der Waals surface area contributed by atoms with Gasteiger partial charge in [-0.2, -0.15) is 0 Å². The lowest BCUT2D eigenvalue weighted by Crippen LogP contribution is -2.51. The van der Waals surface area contributed by atoms with Crippen LogP contribution in [-0.2, 0) is 17.8 Å². The topological polar surface area (TPSA) is 71.5 Å². The molecule has 6 heteroatoms. The zero-order chi connectivity index (χ0) is 19.7. The summed E-state index contributed by atoms with van der Waals surface area (Å²) in [4.78, 5) is 31.4. The van der Waals surface area contributed by atoms with Gasteiger partial charge < -0.3 is 15.0 Å². The molecular weight excluding hydrogens is 354 g/mol.